The molecule has 12 atom stereocenters. The van der Waals surface area contributed by atoms with E-state index in [4.69, 9.17) is 14.8 Å². The van der Waals surface area contributed by atoms with Crippen LogP contribution in [0.4, 0.5) is 0 Å². The Morgan fingerprint density at radius 1 is 0.544 bits per heavy atom. The van der Waals surface area contributed by atoms with Gasteiger partial charge in [-0.05, 0) is 77.1 Å². The third-order valence-corrected chi connectivity index (χ3v) is 19.7. The van der Waals surface area contributed by atoms with Crippen LogP contribution in [0.5, 0.6) is 51.7 Å². The van der Waals surface area contributed by atoms with E-state index in [1.807, 2.05) is 6.08 Å². The number of allylic oxidation sites excluding steroid dienone is 2. The van der Waals surface area contributed by atoms with Gasteiger partial charge in [0.25, 0.3) is 6.47 Å². The summed E-state index contributed by atoms with van der Waals surface area (Å²) in [5.41, 5.74) is 1.09. The number of benzene rings is 3. The van der Waals surface area contributed by atoms with Gasteiger partial charge >= 0.3 is 109 Å². The number of ether oxygens (including phenoxy) is 1. The molecule has 9 N–H and O–H groups in total. The van der Waals surface area contributed by atoms with Crippen molar-refractivity contribution in [1.82, 2.24) is 0 Å². The van der Waals surface area contributed by atoms with Crippen molar-refractivity contribution in [3.05, 3.63) is 64.4 Å². The Morgan fingerprint density at radius 2 is 0.835 bits per heavy atom. The molecule has 0 spiro atoms. The summed E-state index contributed by atoms with van der Waals surface area (Å²) >= 11 is 0. The molecule has 0 amide bonds. The summed E-state index contributed by atoms with van der Waals surface area (Å²) in [6.45, 7) is 22.1. The molecule has 8 bridgehead atoms. The van der Waals surface area contributed by atoms with Crippen LogP contribution >= 0.6 is 0 Å². The van der Waals surface area contributed by atoms with Crippen molar-refractivity contribution >= 4 is 29.8 Å². The van der Waals surface area contributed by atoms with E-state index < -0.39 is 0 Å². The molecular weight excluding hydrogens is 1070 g/mol. The van der Waals surface area contributed by atoms with Gasteiger partial charge in [-0.15, -0.1) is 0 Å². The molecule has 422 valence electrons. The van der Waals surface area contributed by atoms with Crippen molar-refractivity contribution in [2.75, 3.05) is 0 Å². The minimum atomic E-state index is -0.370. The first kappa shape index (κ1) is 66.6. The number of ketones is 3. The number of aromatic hydroxyl groups is 9. The Hall–Kier alpha value is -3.22. The second-order valence-corrected chi connectivity index (χ2v) is 25.2. The molecule has 4 unspecified atom stereocenters. The van der Waals surface area contributed by atoms with E-state index in [9.17, 15) is 65.1 Å². The van der Waals surface area contributed by atoms with Crippen LogP contribution in [-0.2, 0) is 33.6 Å². The Labute approximate surface area is 548 Å². The molecule has 10 fully saturated rings. The molecule has 79 heavy (non-hydrogen) atoms. The van der Waals surface area contributed by atoms with E-state index in [1.54, 1.807) is 0 Å². The molecule has 12 aliphatic carbocycles. The molecule has 19 heteroatoms. The number of esters is 1. The summed E-state index contributed by atoms with van der Waals surface area (Å²) in [4.78, 5) is 59.9. The van der Waals surface area contributed by atoms with Crippen molar-refractivity contribution in [2.45, 2.75) is 151 Å². The summed E-state index contributed by atoms with van der Waals surface area (Å²) in [6, 6.07) is 6.17. The van der Waals surface area contributed by atoms with E-state index >= 15 is 0 Å². The molecule has 0 aliphatic heterocycles. The number of phenols is 9. The van der Waals surface area contributed by atoms with E-state index in [1.165, 1.54) is 43.7 Å². The zero-order valence-corrected chi connectivity index (χ0v) is 54.2. The third-order valence-electron chi connectivity index (χ3n) is 19.7. The molecular formula is C60H78K2O17. The molecule has 0 heterocycles. The predicted octanol–water partition coefficient (Wildman–Crippen LogP) is 3.74. The maximum absolute atomic E-state index is 12.6. The van der Waals surface area contributed by atoms with Crippen molar-refractivity contribution in [2.24, 2.45) is 69.0 Å². The fraction of sp³-hybridized carbons (Fsp3) is 0.583. The smallest absolute Gasteiger partial charge is 1.00 e. The largest absolute Gasteiger partial charge is 1.00 e. The molecule has 10 saturated carbocycles. The second-order valence-electron chi connectivity index (χ2n) is 25.2. The van der Waals surface area contributed by atoms with Crippen LogP contribution in [0.1, 0.15) is 175 Å². The monoisotopic (exact) mass is 1150 g/mol. The number of hydrogen-bond donors (Lipinski definition) is 9. The molecule has 0 radical (unpaired) electrons. The molecule has 12 aliphatic rings. The molecule has 3 aromatic carbocycles. The molecule has 0 saturated heterocycles. The van der Waals surface area contributed by atoms with Gasteiger partial charge in [0, 0.05) is 126 Å². The average molecular weight is 1150 g/mol. The topological polar surface area (TPSA) is 309 Å². The SMILES string of the molecule is CC(=O)OC1=C[C@@H](c2c(O)cc(O)cc2O)C2C[C@@H]1C2(C)C.CC1(C)C2C[C@H]1C(=O)C[C@H]2c1c(O)cc(O)c(C2CC(=O)[C@@H]3C[C@H]2C3(C)C)c1O.CC1(C)C2C[C@H]1C(=O)C[C@H]2c1c(O)cc(O)cc1O.CCC.O=CO[O-].[H-].[K+].[K+]. The first-order chi connectivity index (χ1) is 35.8. The van der Waals surface area contributed by atoms with E-state index in [-0.39, 0.29) is 278 Å². The van der Waals surface area contributed by atoms with Crippen molar-refractivity contribution < 1.29 is 189 Å². The third kappa shape index (κ3) is 12.0. The fourth-order valence-electron chi connectivity index (χ4n) is 15.3. The summed E-state index contributed by atoms with van der Waals surface area (Å²) in [7, 11) is 0. The maximum atomic E-state index is 12.6. The van der Waals surface area contributed by atoms with E-state index in [2.05, 4.69) is 74.1 Å². The number of Topliss-reactive ketones (excluding diaryl/α,β-unsaturated/α-hetero) is 3. The zero-order valence-electron chi connectivity index (χ0n) is 48.9. The molecule has 17 nitrogen and oxygen atoms in total. The van der Waals surface area contributed by atoms with Crippen LogP contribution in [-0.4, -0.2) is 75.8 Å². The first-order valence-electron chi connectivity index (χ1n) is 26.8. The number of phenolic OH excluding ortho intramolecular Hbond substituents is 9. The van der Waals surface area contributed by atoms with E-state index in [0.29, 0.717) is 47.3 Å². The molecule has 3 aromatic rings. The van der Waals surface area contributed by atoms with Crippen LogP contribution in [0.2, 0.25) is 0 Å². The standard InChI is InChI=1S/C24H30O5.C17H20O5.C15H18O4.C3H8.CH2O3.2K.H/c1-23(2)12-7-14(23)16(25)5-10(12)20-18(27)9-19(28)21(22(20)29)11-6-17(26)15-8-13(11)24(15,3)4;1-8(18)22-15-6-10(11-7-12(15)17(11,2)3)16-13(20)4-9(19)5-14(16)21;1-15(2)9-6-10(15)11(17)5-8(9)14-12(18)3-7(16)4-13(14)19;1-3-2;2-1-4-3;;;/h9-15,27-29H,5-8H2,1-4H3;4-6,10-12,19-21H,7H2,1-3H3;3-4,8-10,16,18-19H,5-6H2,1-2H3;3H2,1-2H3;1,3H;;;/q;;;;;2*+1;-1/p-1/t10-,11?,12?,13-,14+,15+;10-,11?,12+;8-,9?,10+;;;;;/m111...../s1. The Morgan fingerprint density at radius 3 is 1.13 bits per heavy atom. The number of hydrogen-bond acceptors (Lipinski definition) is 17. The molecule has 15 rings (SSSR count). The Balaban J connectivity index is 0.000000244. The van der Waals surface area contributed by atoms with Crippen molar-refractivity contribution in [3.8, 4) is 51.7 Å². The summed E-state index contributed by atoms with van der Waals surface area (Å²) in [5.74, 6) is -0.0984. The molecule has 0 aromatic heterocycles. The number of rotatable bonds is 6. The summed E-state index contributed by atoms with van der Waals surface area (Å²) in [5, 5.41) is 100. The number of carbonyl (C=O) groups excluding carboxylic acids is 5. The second kappa shape index (κ2) is 24.9. The van der Waals surface area contributed by atoms with E-state index in [0.717, 1.165) is 25.7 Å². The quantitative estimate of drug-likeness (QED) is 0.0558. The van der Waals surface area contributed by atoms with Gasteiger partial charge < -0.3 is 62.3 Å². The summed E-state index contributed by atoms with van der Waals surface area (Å²) in [6.07, 6.45) is 7.29. The Bertz CT molecular complexity index is 2760. The van der Waals surface area contributed by atoms with Gasteiger partial charge in [-0.2, -0.15) is 0 Å². The van der Waals surface area contributed by atoms with Gasteiger partial charge in [0.15, 0.2) is 0 Å². The van der Waals surface area contributed by atoms with Gasteiger partial charge in [-0.25, -0.2) is 0 Å². The van der Waals surface area contributed by atoms with Crippen LogP contribution in [0.25, 0.3) is 0 Å². The van der Waals surface area contributed by atoms with Crippen LogP contribution in [0, 0.1) is 69.0 Å². The first-order valence-corrected chi connectivity index (χ1v) is 26.8. The fourth-order valence-corrected chi connectivity index (χ4v) is 15.3. The zero-order chi connectivity index (χ0) is 57.3. The van der Waals surface area contributed by atoms with Gasteiger partial charge in [-0.1, -0.05) is 75.7 Å². The van der Waals surface area contributed by atoms with Gasteiger partial charge in [0.2, 0.25) is 0 Å². The summed E-state index contributed by atoms with van der Waals surface area (Å²) < 4.78 is 5.34. The maximum Gasteiger partial charge on any atom is 1.00 e. The van der Waals surface area contributed by atoms with Gasteiger partial charge in [-0.3, -0.25) is 24.0 Å². The van der Waals surface area contributed by atoms with Crippen LogP contribution in [0.15, 0.2) is 42.2 Å². The van der Waals surface area contributed by atoms with Crippen molar-refractivity contribution in [1.29, 1.82) is 0 Å². The minimum absolute atomic E-state index is 0. The van der Waals surface area contributed by atoms with Gasteiger partial charge in [0.05, 0.1) is 0 Å². The van der Waals surface area contributed by atoms with Crippen molar-refractivity contribution in [3.63, 3.8) is 0 Å². The number of carbonyl (C=O) groups is 5. The average Bonchev–Trinajstić information content (AvgIpc) is 3.30. The number of fused-ring (bicyclic) bond motifs is 7. The predicted molar refractivity (Wildman–Crippen MR) is 280 cm³/mol. The van der Waals surface area contributed by atoms with Crippen LogP contribution < -0.4 is 108 Å². The van der Waals surface area contributed by atoms with Gasteiger partial charge in [0.1, 0.15) is 74.9 Å². The normalized spacial score (nSPS) is 30.4. The minimum Gasteiger partial charge on any atom is -1.00 e. The Kier molecular flexibility index (Phi) is 21.0. The van der Waals surface area contributed by atoms with Crippen LogP contribution in [0.3, 0.4) is 0 Å².